The summed E-state index contributed by atoms with van der Waals surface area (Å²) in [4.78, 5) is 25.6. The van der Waals surface area contributed by atoms with Gasteiger partial charge in [-0.05, 0) is 29.3 Å². The van der Waals surface area contributed by atoms with Gasteiger partial charge in [0.2, 0.25) is 0 Å². The SMILES string of the molecule is C[NH+]1CCc2c(sc3c2C(=O)N[C@H](/C=C\c2ccc([N+](=O)[O-])cc2)N3)C1. The van der Waals surface area contributed by atoms with E-state index in [0.717, 1.165) is 35.6 Å². The average molecular weight is 371 g/mol. The van der Waals surface area contributed by atoms with Crippen molar-refractivity contribution in [3.63, 3.8) is 0 Å². The lowest BCUT2D eigenvalue weighted by molar-refractivity contribution is -0.895. The van der Waals surface area contributed by atoms with Crippen LogP contribution in [0.15, 0.2) is 30.3 Å². The number of thiophene rings is 1. The summed E-state index contributed by atoms with van der Waals surface area (Å²) in [6, 6.07) is 6.31. The highest BCUT2D eigenvalue weighted by Crippen LogP contribution is 2.36. The van der Waals surface area contributed by atoms with E-state index in [1.807, 2.05) is 12.2 Å². The van der Waals surface area contributed by atoms with Gasteiger partial charge in [-0.2, -0.15) is 0 Å². The fourth-order valence-electron chi connectivity index (χ4n) is 3.36. The average Bonchev–Trinajstić information content (AvgIpc) is 2.98. The second kappa shape index (κ2) is 6.54. The molecule has 8 heteroatoms. The molecule has 3 N–H and O–H groups in total. The first-order valence-electron chi connectivity index (χ1n) is 8.47. The predicted octanol–water partition coefficient (Wildman–Crippen LogP) is 1.42. The van der Waals surface area contributed by atoms with Crippen LogP contribution in [0.5, 0.6) is 0 Å². The van der Waals surface area contributed by atoms with Crippen molar-refractivity contribution in [2.45, 2.75) is 19.1 Å². The van der Waals surface area contributed by atoms with Gasteiger partial charge in [0.1, 0.15) is 17.7 Å². The Hall–Kier alpha value is -2.71. The maximum Gasteiger partial charge on any atom is 0.269 e. The highest BCUT2D eigenvalue weighted by Gasteiger charge is 2.32. The van der Waals surface area contributed by atoms with Crippen molar-refractivity contribution in [2.24, 2.45) is 0 Å². The number of nitrogens with zero attached hydrogens (tertiary/aromatic N) is 1. The van der Waals surface area contributed by atoms with E-state index < -0.39 is 4.92 Å². The topological polar surface area (TPSA) is 88.7 Å². The Bertz CT molecular complexity index is 904. The molecule has 1 aromatic carbocycles. The highest BCUT2D eigenvalue weighted by molar-refractivity contribution is 7.16. The zero-order valence-corrected chi connectivity index (χ0v) is 15.1. The molecular weight excluding hydrogens is 352 g/mol. The van der Waals surface area contributed by atoms with E-state index in [1.165, 1.54) is 27.5 Å². The minimum absolute atomic E-state index is 0.0332. The molecule has 7 nitrogen and oxygen atoms in total. The van der Waals surface area contributed by atoms with Crippen molar-refractivity contribution >= 4 is 34.0 Å². The van der Waals surface area contributed by atoms with Gasteiger partial charge >= 0.3 is 0 Å². The van der Waals surface area contributed by atoms with E-state index in [2.05, 4.69) is 17.7 Å². The van der Waals surface area contributed by atoms with Crippen LogP contribution in [0.3, 0.4) is 0 Å². The molecule has 26 heavy (non-hydrogen) atoms. The fraction of sp³-hybridized carbons (Fsp3) is 0.278. The maximum atomic E-state index is 12.6. The summed E-state index contributed by atoms with van der Waals surface area (Å²) in [7, 11) is 2.17. The Balaban J connectivity index is 1.52. The number of fused-ring (bicyclic) bond motifs is 3. The number of rotatable bonds is 3. The fourth-order valence-corrected chi connectivity index (χ4v) is 4.76. The normalized spacial score (nSPS) is 21.7. The number of anilines is 1. The van der Waals surface area contributed by atoms with Gasteiger partial charge < -0.3 is 15.5 Å². The largest absolute Gasteiger partial charge is 0.353 e. The van der Waals surface area contributed by atoms with Gasteiger partial charge in [0.25, 0.3) is 11.6 Å². The van der Waals surface area contributed by atoms with E-state index in [0.29, 0.717) is 0 Å². The second-order valence-electron chi connectivity index (χ2n) is 6.65. The molecule has 0 bridgehead atoms. The van der Waals surface area contributed by atoms with Crippen LogP contribution >= 0.6 is 11.3 Å². The summed E-state index contributed by atoms with van der Waals surface area (Å²) >= 11 is 1.67. The molecule has 1 amide bonds. The van der Waals surface area contributed by atoms with Crippen LogP contribution in [-0.2, 0) is 13.0 Å². The summed E-state index contributed by atoms with van der Waals surface area (Å²) in [5.41, 5.74) is 2.90. The molecule has 2 aromatic rings. The Kier molecular flexibility index (Phi) is 4.21. The summed E-state index contributed by atoms with van der Waals surface area (Å²) in [6.07, 6.45) is 4.34. The molecule has 0 saturated carbocycles. The molecule has 0 aliphatic carbocycles. The molecule has 3 heterocycles. The lowest BCUT2D eigenvalue weighted by Gasteiger charge is -2.24. The monoisotopic (exact) mass is 371 g/mol. The number of nitrogens with one attached hydrogen (secondary N) is 3. The number of nitro benzene ring substituents is 1. The zero-order chi connectivity index (χ0) is 18.3. The quantitative estimate of drug-likeness (QED) is 0.562. The minimum atomic E-state index is -0.421. The molecular formula is C18H19N4O3S+. The van der Waals surface area contributed by atoms with Gasteiger partial charge in [0.05, 0.1) is 29.0 Å². The number of carbonyl (C=O) groups excluding carboxylic acids is 1. The van der Waals surface area contributed by atoms with Gasteiger partial charge in [-0.3, -0.25) is 14.9 Å². The van der Waals surface area contributed by atoms with Crippen LogP contribution in [0, 0.1) is 10.1 Å². The number of benzene rings is 1. The molecule has 2 aliphatic heterocycles. The third-order valence-electron chi connectivity index (χ3n) is 4.74. The van der Waals surface area contributed by atoms with Crippen LogP contribution in [0.2, 0.25) is 0 Å². The molecule has 0 saturated heterocycles. The van der Waals surface area contributed by atoms with Crippen LogP contribution < -0.4 is 15.5 Å². The Morgan fingerprint density at radius 3 is 2.81 bits per heavy atom. The van der Waals surface area contributed by atoms with E-state index in [1.54, 1.807) is 23.5 Å². The number of quaternary nitrogens is 1. The van der Waals surface area contributed by atoms with Crippen molar-refractivity contribution < 1.29 is 14.6 Å². The van der Waals surface area contributed by atoms with Crippen molar-refractivity contribution in [1.29, 1.82) is 0 Å². The lowest BCUT2D eigenvalue weighted by Crippen LogP contribution is -3.08. The first-order chi connectivity index (χ1) is 12.5. The molecule has 4 rings (SSSR count). The van der Waals surface area contributed by atoms with Crippen molar-refractivity contribution in [1.82, 2.24) is 5.32 Å². The van der Waals surface area contributed by atoms with Crippen LogP contribution in [-0.4, -0.2) is 30.6 Å². The van der Waals surface area contributed by atoms with Gasteiger partial charge in [-0.1, -0.05) is 6.08 Å². The molecule has 0 radical (unpaired) electrons. The van der Waals surface area contributed by atoms with Crippen molar-refractivity contribution in [3.8, 4) is 0 Å². The third-order valence-corrected chi connectivity index (χ3v) is 5.90. The number of nitro groups is 1. The van der Waals surface area contributed by atoms with Gasteiger partial charge in [0.15, 0.2) is 0 Å². The molecule has 2 aliphatic rings. The second-order valence-corrected chi connectivity index (χ2v) is 7.75. The number of likely N-dealkylation sites (N-methyl/N-ethyl adjacent to an activating group) is 1. The number of hydrogen-bond acceptors (Lipinski definition) is 5. The summed E-state index contributed by atoms with van der Waals surface area (Å²) in [6.45, 7) is 2.01. The number of carbonyl (C=O) groups is 1. The Labute approximate surface area is 154 Å². The third kappa shape index (κ3) is 3.09. The van der Waals surface area contributed by atoms with E-state index in [9.17, 15) is 14.9 Å². The summed E-state index contributed by atoms with van der Waals surface area (Å²) in [5.74, 6) is -0.0332. The zero-order valence-electron chi connectivity index (χ0n) is 14.2. The van der Waals surface area contributed by atoms with Gasteiger partial charge in [0, 0.05) is 18.6 Å². The first kappa shape index (κ1) is 16.7. The number of amides is 1. The van der Waals surface area contributed by atoms with Gasteiger partial charge in [-0.25, -0.2) is 0 Å². The summed E-state index contributed by atoms with van der Waals surface area (Å²) in [5, 5.41) is 18.0. The molecule has 0 spiro atoms. The molecule has 1 unspecified atom stereocenters. The van der Waals surface area contributed by atoms with E-state index in [-0.39, 0.29) is 17.8 Å². The van der Waals surface area contributed by atoms with Crippen molar-refractivity contribution in [2.75, 3.05) is 18.9 Å². The van der Waals surface area contributed by atoms with Crippen molar-refractivity contribution in [3.05, 3.63) is 62.0 Å². The van der Waals surface area contributed by atoms with E-state index >= 15 is 0 Å². The van der Waals surface area contributed by atoms with Crippen LogP contribution in [0.1, 0.15) is 26.4 Å². The van der Waals surface area contributed by atoms with Gasteiger partial charge in [-0.15, -0.1) is 11.3 Å². The standard InChI is InChI=1S/C18H18N4O3S/c1-21-9-8-13-14(10-21)26-18-16(13)17(23)19-15(20-18)7-4-11-2-5-12(6-3-11)22(24)25/h2-7,15,20H,8-10H2,1H3,(H,19,23)/p+1/b7-4-/t15-/m0/s1. The highest BCUT2D eigenvalue weighted by atomic mass is 32.1. The van der Waals surface area contributed by atoms with E-state index in [4.69, 9.17) is 0 Å². The maximum absolute atomic E-state index is 12.6. The number of non-ortho nitro benzene ring substituents is 1. The number of hydrogen-bond donors (Lipinski definition) is 3. The first-order valence-corrected chi connectivity index (χ1v) is 9.29. The Morgan fingerprint density at radius 2 is 2.08 bits per heavy atom. The predicted molar refractivity (Wildman–Crippen MR) is 100 cm³/mol. The van der Waals surface area contributed by atoms with Crippen LogP contribution in [0.4, 0.5) is 10.7 Å². The minimum Gasteiger partial charge on any atom is -0.353 e. The molecule has 2 atom stereocenters. The molecule has 1 aromatic heterocycles. The summed E-state index contributed by atoms with van der Waals surface area (Å²) < 4.78 is 0. The smallest absolute Gasteiger partial charge is 0.269 e. The van der Waals surface area contributed by atoms with Crippen LogP contribution in [0.25, 0.3) is 6.08 Å². The molecule has 0 fully saturated rings. The molecule has 134 valence electrons. The Morgan fingerprint density at radius 1 is 1.31 bits per heavy atom. The lowest BCUT2D eigenvalue weighted by atomic mass is 10.0.